The molecule has 2 rings (SSSR count). The van der Waals surface area contributed by atoms with E-state index in [0.29, 0.717) is 24.7 Å². The molecule has 0 radical (unpaired) electrons. The first kappa shape index (κ1) is 12.0. The fourth-order valence-electron chi connectivity index (χ4n) is 3.00. The molecule has 0 amide bonds. The molecule has 92 valence electrons. The quantitative estimate of drug-likeness (QED) is 0.722. The maximum atomic E-state index is 13.8. The van der Waals surface area contributed by atoms with Gasteiger partial charge in [-0.15, -0.1) is 0 Å². The lowest BCUT2D eigenvalue weighted by molar-refractivity contribution is -0.121. The van der Waals surface area contributed by atoms with Gasteiger partial charge in [0, 0.05) is 25.9 Å². The smallest absolute Gasteiger partial charge is 0.132 e. The minimum Gasteiger partial charge on any atom is -0.300 e. The second kappa shape index (κ2) is 4.82. The molecule has 1 atom stereocenters. The number of nitrogens with zero attached hydrogens (tertiary/aromatic N) is 1. The molecular weight excluding hydrogens is 205 g/mol. The van der Waals surface area contributed by atoms with E-state index in [-0.39, 0.29) is 0 Å². The van der Waals surface area contributed by atoms with Crippen LogP contribution in [0.1, 0.15) is 45.4 Å². The maximum absolute atomic E-state index is 13.8. The lowest BCUT2D eigenvalue weighted by atomic mass is 9.87. The van der Waals surface area contributed by atoms with E-state index in [9.17, 15) is 9.18 Å². The van der Waals surface area contributed by atoms with E-state index in [1.807, 2.05) is 0 Å². The lowest BCUT2D eigenvalue weighted by Gasteiger charge is -2.37. The van der Waals surface area contributed by atoms with Gasteiger partial charge in [0.1, 0.15) is 11.5 Å². The highest BCUT2D eigenvalue weighted by atomic mass is 19.1. The Morgan fingerprint density at radius 1 is 1.44 bits per heavy atom. The third-order valence-corrected chi connectivity index (χ3v) is 3.90. The van der Waals surface area contributed by atoms with Gasteiger partial charge in [-0.25, -0.2) is 4.39 Å². The molecule has 2 aliphatic rings. The summed E-state index contributed by atoms with van der Waals surface area (Å²) in [6, 6.07) is 0. The minimum absolute atomic E-state index is 0.408. The van der Waals surface area contributed by atoms with Gasteiger partial charge in [0.05, 0.1) is 0 Å². The van der Waals surface area contributed by atoms with Crippen molar-refractivity contribution in [2.24, 2.45) is 5.92 Å². The zero-order valence-corrected chi connectivity index (χ0v) is 10.2. The summed E-state index contributed by atoms with van der Waals surface area (Å²) >= 11 is 0. The van der Waals surface area contributed by atoms with Crippen molar-refractivity contribution in [2.75, 3.05) is 19.6 Å². The summed E-state index contributed by atoms with van der Waals surface area (Å²) in [6.45, 7) is 4.32. The number of hydrogen-bond acceptors (Lipinski definition) is 2. The molecule has 0 aromatic rings. The molecule has 2 nitrogen and oxygen atoms in total. The van der Waals surface area contributed by atoms with Crippen LogP contribution in [0.3, 0.4) is 0 Å². The van der Waals surface area contributed by atoms with Gasteiger partial charge in [0.25, 0.3) is 0 Å². The number of hydrogen-bond donors (Lipinski definition) is 0. The number of piperidine rings is 1. The Balaban J connectivity index is 1.78. The van der Waals surface area contributed by atoms with Crippen LogP contribution in [-0.2, 0) is 4.79 Å². The molecule has 0 bridgehead atoms. The van der Waals surface area contributed by atoms with E-state index in [1.165, 1.54) is 0 Å². The van der Waals surface area contributed by atoms with Crippen molar-refractivity contribution >= 4 is 5.78 Å². The van der Waals surface area contributed by atoms with Crippen LogP contribution in [-0.4, -0.2) is 36.0 Å². The predicted octanol–water partition coefficient (Wildman–Crippen LogP) is 2.57. The van der Waals surface area contributed by atoms with Crippen molar-refractivity contribution in [3.8, 4) is 0 Å². The minimum atomic E-state index is -0.997. The van der Waals surface area contributed by atoms with E-state index in [0.717, 1.165) is 45.2 Å². The molecule has 1 saturated heterocycles. The highest BCUT2D eigenvalue weighted by molar-refractivity contribution is 5.79. The Kier molecular flexibility index (Phi) is 3.63. The average molecular weight is 227 g/mol. The molecule has 3 heteroatoms. The Bertz CT molecular complexity index is 255. The number of rotatable bonds is 2. The number of halogens is 1. The van der Waals surface area contributed by atoms with Gasteiger partial charge in [-0.05, 0) is 45.1 Å². The van der Waals surface area contributed by atoms with Crippen LogP contribution in [0.2, 0.25) is 0 Å². The van der Waals surface area contributed by atoms with Crippen LogP contribution in [0.25, 0.3) is 0 Å². The molecule has 0 aromatic heterocycles. The van der Waals surface area contributed by atoms with Crippen molar-refractivity contribution in [1.29, 1.82) is 0 Å². The Morgan fingerprint density at radius 2 is 2.12 bits per heavy atom. The van der Waals surface area contributed by atoms with Gasteiger partial charge in [-0.1, -0.05) is 0 Å². The number of likely N-dealkylation sites (tertiary alicyclic amines) is 1. The van der Waals surface area contributed by atoms with Gasteiger partial charge in [0.2, 0.25) is 0 Å². The van der Waals surface area contributed by atoms with Gasteiger partial charge >= 0.3 is 0 Å². The highest BCUT2D eigenvalue weighted by Gasteiger charge is 2.31. The fraction of sp³-hybridized carbons (Fsp3) is 0.923. The molecule has 0 N–H and O–H groups in total. The van der Waals surface area contributed by atoms with Gasteiger partial charge in [-0.2, -0.15) is 0 Å². The summed E-state index contributed by atoms with van der Waals surface area (Å²) in [7, 11) is 0. The van der Waals surface area contributed by atoms with Crippen LogP contribution < -0.4 is 0 Å². The zero-order valence-electron chi connectivity index (χ0n) is 10.2. The van der Waals surface area contributed by atoms with Crippen molar-refractivity contribution in [2.45, 2.75) is 51.1 Å². The van der Waals surface area contributed by atoms with Crippen molar-refractivity contribution < 1.29 is 9.18 Å². The molecule has 0 spiro atoms. The van der Waals surface area contributed by atoms with Crippen LogP contribution in [0.15, 0.2) is 0 Å². The Hall–Kier alpha value is -0.440. The van der Waals surface area contributed by atoms with E-state index in [1.54, 1.807) is 6.92 Å². The number of Topliss-reactive ketones (excluding diaryl/α,β-unsaturated/α-hetero) is 1. The molecule has 1 aliphatic heterocycles. The van der Waals surface area contributed by atoms with Gasteiger partial charge in [-0.3, -0.25) is 9.69 Å². The number of carbonyl (C=O) groups excluding carboxylic acids is 1. The van der Waals surface area contributed by atoms with Crippen LogP contribution in [0.4, 0.5) is 4.39 Å². The lowest BCUT2D eigenvalue weighted by Crippen LogP contribution is -2.45. The summed E-state index contributed by atoms with van der Waals surface area (Å²) in [5.74, 6) is 1.02. The van der Waals surface area contributed by atoms with Crippen molar-refractivity contribution in [1.82, 2.24) is 4.90 Å². The van der Waals surface area contributed by atoms with Crippen LogP contribution in [0.5, 0.6) is 0 Å². The average Bonchev–Trinajstić information content (AvgIpc) is 2.20. The topological polar surface area (TPSA) is 20.3 Å². The Morgan fingerprint density at radius 3 is 2.75 bits per heavy atom. The molecule has 1 unspecified atom stereocenters. The summed E-state index contributed by atoms with van der Waals surface area (Å²) < 4.78 is 13.8. The number of ketones is 1. The predicted molar refractivity (Wildman–Crippen MR) is 62.2 cm³/mol. The summed E-state index contributed by atoms with van der Waals surface area (Å²) in [5, 5.41) is 0. The monoisotopic (exact) mass is 227 g/mol. The first-order valence-corrected chi connectivity index (χ1v) is 6.48. The first-order valence-electron chi connectivity index (χ1n) is 6.48. The Labute approximate surface area is 97.2 Å². The summed E-state index contributed by atoms with van der Waals surface area (Å²) in [5.41, 5.74) is -0.997. The van der Waals surface area contributed by atoms with Crippen molar-refractivity contribution in [3.63, 3.8) is 0 Å². The molecule has 1 aliphatic carbocycles. The van der Waals surface area contributed by atoms with Gasteiger partial charge in [0.15, 0.2) is 0 Å². The van der Waals surface area contributed by atoms with Crippen LogP contribution in [0, 0.1) is 5.92 Å². The normalized spacial score (nSPS) is 34.2. The fourth-order valence-corrected chi connectivity index (χ4v) is 3.00. The molecule has 2 fully saturated rings. The van der Waals surface area contributed by atoms with Gasteiger partial charge < -0.3 is 0 Å². The second-order valence-electron chi connectivity index (χ2n) is 5.73. The molecule has 1 heterocycles. The number of alkyl halides is 1. The van der Waals surface area contributed by atoms with Crippen LogP contribution >= 0.6 is 0 Å². The third kappa shape index (κ3) is 3.27. The van der Waals surface area contributed by atoms with Crippen molar-refractivity contribution in [3.05, 3.63) is 0 Å². The number of carbonyl (C=O) groups is 1. The van der Waals surface area contributed by atoms with E-state index < -0.39 is 5.67 Å². The van der Waals surface area contributed by atoms with E-state index in [4.69, 9.17) is 0 Å². The van der Waals surface area contributed by atoms with E-state index >= 15 is 0 Å². The summed E-state index contributed by atoms with van der Waals surface area (Å²) in [4.78, 5) is 13.4. The summed E-state index contributed by atoms with van der Waals surface area (Å²) in [6.07, 6.45) is 5.18. The second-order valence-corrected chi connectivity index (χ2v) is 5.73. The molecule has 16 heavy (non-hydrogen) atoms. The highest BCUT2D eigenvalue weighted by Crippen LogP contribution is 2.28. The van der Waals surface area contributed by atoms with E-state index in [2.05, 4.69) is 4.90 Å². The molecular formula is C13H22FNO. The standard InChI is InChI=1S/C13H22FNO/c1-13(14)7-2-8-15(10-13)9-11-3-5-12(16)6-4-11/h11H,2-10H2,1H3. The maximum Gasteiger partial charge on any atom is 0.132 e. The zero-order chi connectivity index (χ0) is 11.6. The first-order chi connectivity index (χ1) is 7.55. The molecule has 0 aromatic carbocycles. The third-order valence-electron chi connectivity index (χ3n) is 3.90. The largest absolute Gasteiger partial charge is 0.300 e. The SMILES string of the molecule is CC1(F)CCCN(CC2CCC(=O)CC2)C1. The molecule has 1 saturated carbocycles.